The number of carbonyl (C=O) groups excluding carboxylic acids is 1. The lowest BCUT2D eigenvalue weighted by Gasteiger charge is -2.08. The molecule has 0 radical (unpaired) electrons. The quantitative estimate of drug-likeness (QED) is 0.670. The summed E-state index contributed by atoms with van der Waals surface area (Å²) in [7, 11) is 1.52. The predicted molar refractivity (Wildman–Crippen MR) is 94.4 cm³/mol. The van der Waals surface area contributed by atoms with E-state index in [-0.39, 0.29) is 18.4 Å². The van der Waals surface area contributed by atoms with Crippen LogP contribution in [0.1, 0.15) is 12.0 Å². The number of rotatable bonds is 5. The molecular weight excluding hydrogens is 361 g/mol. The molecule has 3 rings (SSSR count). The highest BCUT2D eigenvalue weighted by Crippen LogP contribution is 2.21. The molecule has 1 amide bonds. The molecule has 5 nitrogen and oxygen atoms in total. The number of nitrogens with one attached hydrogen (secondary N) is 2. The van der Waals surface area contributed by atoms with Crippen molar-refractivity contribution in [1.82, 2.24) is 4.98 Å². The van der Waals surface area contributed by atoms with Gasteiger partial charge in [-0.2, -0.15) is 0 Å². The molecule has 0 unspecified atom stereocenters. The van der Waals surface area contributed by atoms with Crippen LogP contribution in [-0.2, 0) is 11.2 Å². The minimum atomic E-state index is -1.66. The van der Waals surface area contributed by atoms with Gasteiger partial charge in [0.2, 0.25) is 5.91 Å². The zero-order valence-electron chi connectivity index (χ0n) is 14.2. The first-order valence-corrected chi connectivity index (χ1v) is 8.02. The second kappa shape index (κ2) is 7.53. The third-order valence-corrected chi connectivity index (χ3v) is 4.06. The van der Waals surface area contributed by atoms with Crippen molar-refractivity contribution in [2.75, 3.05) is 12.4 Å². The van der Waals surface area contributed by atoms with Gasteiger partial charge in [0.1, 0.15) is 5.75 Å². The van der Waals surface area contributed by atoms with Crippen LogP contribution >= 0.6 is 0 Å². The van der Waals surface area contributed by atoms with Gasteiger partial charge in [-0.05, 0) is 42.1 Å². The average molecular weight is 376 g/mol. The smallest absolute Gasteiger partial charge is 0.251 e. The largest absolute Gasteiger partial charge is 0.497 e. The van der Waals surface area contributed by atoms with Crippen LogP contribution in [0.5, 0.6) is 5.75 Å². The summed E-state index contributed by atoms with van der Waals surface area (Å²) in [6.45, 7) is 0. The number of anilines is 1. The molecule has 2 aromatic carbocycles. The number of benzene rings is 2. The molecule has 3 aromatic rings. The maximum Gasteiger partial charge on any atom is 0.251 e. The fourth-order valence-corrected chi connectivity index (χ4v) is 2.62. The fraction of sp³-hybridized carbons (Fsp3) is 0.158. The van der Waals surface area contributed by atoms with Gasteiger partial charge in [0.05, 0.1) is 18.3 Å². The molecule has 2 N–H and O–H groups in total. The molecule has 8 heteroatoms. The molecule has 0 saturated heterocycles. The van der Waals surface area contributed by atoms with Crippen LogP contribution < -0.4 is 15.6 Å². The van der Waals surface area contributed by atoms with Gasteiger partial charge in [-0.15, -0.1) is 0 Å². The summed E-state index contributed by atoms with van der Waals surface area (Å²) < 4.78 is 44.8. The van der Waals surface area contributed by atoms with E-state index in [4.69, 9.17) is 4.74 Å². The highest BCUT2D eigenvalue weighted by atomic mass is 19.2. The van der Waals surface area contributed by atoms with Crippen molar-refractivity contribution >= 4 is 22.5 Å². The van der Waals surface area contributed by atoms with E-state index in [2.05, 4.69) is 10.3 Å². The molecule has 140 valence electrons. The Morgan fingerprint density at radius 1 is 1.11 bits per heavy atom. The summed E-state index contributed by atoms with van der Waals surface area (Å²) in [6, 6.07) is 8.49. The standard InChI is InChI=1S/C19H15F3N2O3/c1-27-12-4-2-10-8-11(19(26)24-15(10)9-12)3-7-16(25)23-14-6-5-13(20)17(21)18(14)22/h2,4-6,8-9H,3,7H2,1H3,(H,23,25)(H,24,26). The number of aromatic amines is 1. The van der Waals surface area contributed by atoms with E-state index in [0.717, 1.165) is 17.5 Å². The molecule has 0 aliphatic heterocycles. The SMILES string of the molecule is COc1ccc2cc(CCC(=O)Nc3ccc(F)c(F)c3F)c(=O)[nH]c2c1. The maximum absolute atomic E-state index is 13.6. The van der Waals surface area contributed by atoms with Gasteiger partial charge < -0.3 is 15.0 Å². The van der Waals surface area contributed by atoms with Crippen molar-refractivity contribution in [3.63, 3.8) is 0 Å². The van der Waals surface area contributed by atoms with Gasteiger partial charge in [-0.1, -0.05) is 0 Å². The second-order valence-electron chi connectivity index (χ2n) is 5.85. The monoisotopic (exact) mass is 376 g/mol. The first-order chi connectivity index (χ1) is 12.9. The highest BCUT2D eigenvalue weighted by molar-refractivity contribution is 5.91. The van der Waals surface area contributed by atoms with E-state index in [1.54, 1.807) is 24.3 Å². The Morgan fingerprint density at radius 3 is 2.63 bits per heavy atom. The van der Waals surface area contributed by atoms with Crippen LogP contribution in [0.15, 0.2) is 41.2 Å². The predicted octanol–water partition coefficient (Wildman–Crippen LogP) is 3.53. The second-order valence-corrected chi connectivity index (χ2v) is 5.85. The molecule has 0 saturated carbocycles. The number of halogens is 3. The first kappa shape index (κ1) is 18.5. The fourth-order valence-electron chi connectivity index (χ4n) is 2.62. The maximum atomic E-state index is 13.6. The molecule has 0 aliphatic rings. The molecule has 1 heterocycles. The van der Waals surface area contributed by atoms with Gasteiger partial charge in [0.25, 0.3) is 5.56 Å². The Bertz CT molecular complexity index is 1080. The summed E-state index contributed by atoms with van der Waals surface area (Å²) in [5.74, 6) is -4.51. The lowest BCUT2D eigenvalue weighted by molar-refractivity contribution is -0.116. The van der Waals surface area contributed by atoms with Gasteiger partial charge in [-0.3, -0.25) is 9.59 Å². The van der Waals surface area contributed by atoms with Crippen molar-refractivity contribution < 1.29 is 22.7 Å². The third-order valence-electron chi connectivity index (χ3n) is 4.06. The van der Waals surface area contributed by atoms with Crippen LogP contribution in [0.3, 0.4) is 0 Å². The van der Waals surface area contributed by atoms with Crippen LogP contribution in [0.25, 0.3) is 10.9 Å². The minimum absolute atomic E-state index is 0.0917. The first-order valence-electron chi connectivity index (χ1n) is 8.02. The van der Waals surface area contributed by atoms with E-state index in [1.165, 1.54) is 7.11 Å². The highest BCUT2D eigenvalue weighted by Gasteiger charge is 2.15. The van der Waals surface area contributed by atoms with E-state index in [9.17, 15) is 22.8 Å². The number of aromatic nitrogens is 1. The molecule has 1 aromatic heterocycles. The Kier molecular flexibility index (Phi) is 5.16. The molecule has 0 aliphatic carbocycles. The van der Waals surface area contributed by atoms with E-state index in [0.29, 0.717) is 16.8 Å². The van der Waals surface area contributed by atoms with Gasteiger partial charge in [-0.25, -0.2) is 13.2 Å². The molecule has 0 bridgehead atoms. The Labute approximate surface area is 151 Å². The van der Waals surface area contributed by atoms with Crippen LogP contribution in [0.4, 0.5) is 18.9 Å². The number of pyridine rings is 1. The van der Waals surface area contributed by atoms with Crippen molar-refractivity contribution in [2.24, 2.45) is 0 Å². The van der Waals surface area contributed by atoms with Crippen molar-refractivity contribution in [2.45, 2.75) is 12.8 Å². The normalized spacial score (nSPS) is 10.8. The van der Waals surface area contributed by atoms with Crippen molar-refractivity contribution in [3.8, 4) is 5.75 Å². The number of H-pyrrole nitrogens is 1. The summed E-state index contributed by atoms with van der Waals surface area (Å²) in [6.07, 6.45) is -0.0440. The van der Waals surface area contributed by atoms with Gasteiger partial charge >= 0.3 is 0 Å². The lowest BCUT2D eigenvalue weighted by atomic mass is 10.1. The summed E-state index contributed by atoms with van der Waals surface area (Å²) in [5.41, 5.74) is 0.144. The Morgan fingerprint density at radius 2 is 1.89 bits per heavy atom. The zero-order valence-corrected chi connectivity index (χ0v) is 14.2. The lowest BCUT2D eigenvalue weighted by Crippen LogP contribution is -2.18. The minimum Gasteiger partial charge on any atom is -0.497 e. The third kappa shape index (κ3) is 3.94. The number of carbonyl (C=O) groups is 1. The summed E-state index contributed by atoms with van der Waals surface area (Å²) in [5, 5.41) is 2.93. The topological polar surface area (TPSA) is 71.2 Å². The average Bonchev–Trinajstić information content (AvgIpc) is 2.66. The van der Waals surface area contributed by atoms with Crippen molar-refractivity contribution in [3.05, 3.63) is 69.8 Å². The van der Waals surface area contributed by atoms with Crippen LogP contribution in [0, 0.1) is 17.5 Å². The number of aryl methyl sites for hydroxylation is 1. The molecule has 27 heavy (non-hydrogen) atoms. The van der Waals surface area contributed by atoms with Gasteiger partial charge in [0.15, 0.2) is 17.5 Å². The number of fused-ring (bicyclic) bond motifs is 1. The molecule has 0 atom stereocenters. The number of amides is 1. The van der Waals surface area contributed by atoms with E-state index < -0.39 is 29.0 Å². The number of hydrogen-bond donors (Lipinski definition) is 2. The number of methoxy groups -OCH3 is 1. The molecular formula is C19H15F3N2O3. The Hall–Kier alpha value is -3.29. The number of ether oxygens (including phenoxy) is 1. The number of hydrogen-bond acceptors (Lipinski definition) is 3. The van der Waals surface area contributed by atoms with Gasteiger partial charge in [0, 0.05) is 18.1 Å². The zero-order chi connectivity index (χ0) is 19.6. The van der Waals surface area contributed by atoms with Crippen molar-refractivity contribution in [1.29, 1.82) is 0 Å². The molecule has 0 fully saturated rings. The van der Waals surface area contributed by atoms with Crippen LogP contribution in [0.2, 0.25) is 0 Å². The molecule has 0 spiro atoms. The van der Waals surface area contributed by atoms with E-state index in [1.807, 2.05) is 0 Å². The Balaban J connectivity index is 1.73. The summed E-state index contributed by atoms with van der Waals surface area (Å²) in [4.78, 5) is 26.8. The van der Waals surface area contributed by atoms with Crippen LogP contribution in [-0.4, -0.2) is 18.0 Å². The summed E-state index contributed by atoms with van der Waals surface area (Å²) >= 11 is 0. The van der Waals surface area contributed by atoms with E-state index >= 15 is 0 Å².